The quantitative estimate of drug-likeness (QED) is 0.847. The van der Waals surface area contributed by atoms with E-state index >= 15 is 0 Å². The number of carboxylic acid groups (broad SMARTS) is 1. The lowest BCUT2D eigenvalue weighted by molar-refractivity contribution is -0.138. The number of ether oxygens (including phenoxy) is 1. The molecule has 108 valence electrons. The molecule has 4 unspecified atom stereocenters. The van der Waals surface area contributed by atoms with Gasteiger partial charge in [-0.25, -0.2) is 0 Å². The maximum atomic E-state index is 10.9. The summed E-state index contributed by atoms with van der Waals surface area (Å²) in [6.45, 7) is 4.18. The van der Waals surface area contributed by atoms with Crippen molar-refractivity contribution in [3.8, 4) is 0 Å². The number of carboxylic acids is 1. The first-order valence-electron chi connectivity index (χ1n) is 7.72. The summed E-state index contributed by atoms with van der Waals surface area (Å²) >= 11 is 0. The molecule has 3 rings (SSSR count). The molecule has 4 nitrogen and oxygen atoms in total. The fourth-order valence-corrected chi connectivity index (χ4v) is 4.58. The van der Waals surface area contributed by atoms with Gasteiger partial charge in [0.05, 0.1) is 6.61 Å². The van der Waals surface area contributed by atoms with Crippen LogP contribution in [0.1, 0.15) is 45.4 Å². The van der Waals surface area contributed by atoms with Crippen molar-refractivity contribution in [2.24, 2.45) is 11.8 Å². The molecule has 3 aliphatic rings. The molecule has 3 heterocycles. The van der Waals surface area contributed by atoms with E-state index in [1.165, 1.54) is 19.3 Å². The van der Waals surface area contributed by atoms with Crippen LogP contribution < -0.4 is 0 Å². The number of aliphatic carboxylic acids is 1. The lowest BCUT2D eigenvalue weighted by atomic mass is 9.85. The maximum absolute atomic E-state index is 10.9. The molecule has 3 fully saturated rings. The summed E-state index contributed by atoms with van der Waals surface area (Å²) in [7, 11) is 0. The molecule has 0 aromatic heterocycles. The first-order valence-corrected chi connectivity index (χ1v) is 7.72. The van der Waals surface area contributed by atoms with Crippen molar-refractivity contribution in [2.45, 2.75) is 63.6 Å². The Bertz CT molecular complexity index is 326. The Balaban J connectivity index is 1.64. The van der Waals surface area contributed by atoms with E-state index in [-0.39, 0.29) is 0 Å². The van der Waals surface area contributed by atoms with Crippen LogP contribution in [-0.4, -0.2) is 47.3 Å². The van der Waals surface area contributed by atoms with E-state index in [4.69, 9.17) is 9.84 Å². The zero-order chi connectivity index (χ0) is 13.4. The van der Waals surface area contributed by atoms with Crippen LogP contribution in [0.5, 0.6) is 0 Å². The second kappa shape index (κ2) is 5.41. The molecule has 3 saturated heterocycles. The normalized spacial score (nSPS) is 40.5. The average molecular weight is 267 g/mol. The first kappa shape index (κ1) is 13.4. The molecular formula is C15H25NO3. The predicted octanol–water partition coefficient (Wildman–Crippen LogP) is 2.13. The third kappa shape index (κ3) is 2.65. The molecule has 0 spiro atoms. The molecule has 0 aliphatic carbocycles. The number of hydrogen-bond acceptors (Lipinski definition) is 3. The van der Waals surface area contributed by atoms with Crippen LogP contribution in [-0.2, 0) is 9.53 Å². The first-order chi connectivity index (χ1) is 9.15. The van der Waals surface area contributed by atoms with Crippen molar-refractivity contribution in [1.29, 1.82) is 0 Å². The van der Waals surface area contributed by atoms with Crippen molar-refractivity contribution in [2.75, 3.05) is 13.2 Å². The minimum Gasteiger partial charge on any atom is -0.481 e. The largest absolute Gasteiger partial charge is 0.481 e. The fourth-order valence-electron chi connectivity index (χ4n) is 4.58. The number of hydrogen-bond donors (Lipinski definition) is 1. The van der Waals surface area contributed by atoms with Crippen LogP contribution in [0.2, 0.25) is 0 Å². The molecule has 1 N–H and O–H groups in total. The third-order valence-electron chi connectivity index (χ3n) is 5.47. The van der Waals surface area contributed by atoms with E-state index < -0.39 is 5.97 Å². The van der Waals surface area contributed by atoms with Crippen LogP contribution in [0.25, 0.3) is 0 Å². The average Bonchev–Trinajstić information content (AvgIpc) is 2.95. The highest BCUT2D eigenvalue weighted by molar-refractivity contribution is 5.67. The third-order valence-corrected chi connectivity index (χ3v) is 5.47. The number of nitrogens with zero attached hydrogens (tertiary/aromatic N) is 1. The van der Waals surface area contributed by atoms with Gasteiger partial charge in [0.15, 0.2) is 0 Å². The topological polar surface area (TPSA) is 49.8 Å². The predicted molar refractivity (Wildman–Crippen MR) is 72.0 cm³/mol. The van der Waals surface area contributed by atoms with Gasteiger partial charge in [-0.2, -0.15) is 0 Å². The summed E-state index contributed by atoms with van der Waals surface area (Å²) in [5.74, 6) is 0.451. The van der Waals surface area contributed by atoms with E-state index in [2.05, 4.69) is 11.8 Å². The van der Waals surface area contributed by atoms with Gasteiger partial charge >= 0.3 is 5.97 Å². The van der Waals surface area contributed by atoms with Crippen LogP contribution in [0.15, 0.2) is 0 Å². The lowest BCUT2D eigenvalue weighted by Crippen LogP contribution is -2.50. The second-order valence-electron chi connectivity index (χ2n) is 6.63. The summed E-state index contributed by atoms with van der Waals surface area (Å²) in [4.78, 5) is 13.6. The fraction of sp³-hybridized carbons (Fsp3) is 0.933. The number of carbonyl (C=O) groups is 1. The Hall–Kier alpha value is -0.610. The van der Waals surface area contributed by atoms with Gasteiger partial charge in [-0.1, -0.05) is 0 Å². The highest BCUT2D eigenvalue weighted by Crippen LogP contribution is 2.42. The molecule has 0 aromatic carbocycles. The van der Waals surface area contributed by atoms with E-state index in [1.54, 1.807) is 0 Å². The van der Waals surface area contributed by atoms with Gasteiger partial charge in [-0.15, -0.1) is 0 Å². The summed E-state index contributed by atoms with van der Waals surface area (Å²) in [5, 5.41) is 8.98. The molecule has 0 amide bonds. The Morgan fingerprint density at radius 2 is 2.00 bits per heavy atom. The van der Waals surface area contributed by atoms with Crippen LogP contribution in [0, 0.1) is 11.8 Å². The molecule has 19 heavy (non-hydrogen) atoms. The summed E-state index contributed by atoms with van der Waals surface area (Å²) in [6, 6.07) is 1.85. The van der Waals surface area contributed by atoms with E-state index in [1.807, 2.05) is 0 Å². The van der Waals surface area contributed by atoms with Gasteiger partial charge in [-0.3, -0.25) is 9.69 Å². The van der Waals surface area contributed by atoms with Crippen molar-refractivity contribution >= 4 is 5.97 Å². The Labute approximate surface area is 115 Å². The number of fused-ring (bicyclic) bond motifs is 2. The van der Waals surface area contributed by atoms with E-state index in [0.717, 1.165) is 26.1 Å². The van der Waals surface area contributed by atoms with Crippen molar-refractivity contribution in [3.63, 3.8) is 0 Å². The highest BCUT2D eigenvalue weighted by atomic mass is 16.5. The number of rotatable bonds is 4. The summed E-state index contributed by atoms with van der Waals surface area (Å²) in [5.41, 5.74) is 0. The molecule has 3 aliphatic heterocycles. The second-order valence-corrected chi connectivity index (χ2v) is 6.63. The molecule has 2 bridgehead atoms. The Morgan fingerprint density at radius 3 is 2.53 bits per heavy atom. The van der Waals surface area contributed by atoms with Crippen molar-refractivity contribution < 1.29 is 14.6 Å². The zero-order valence-electron chi connectivity index (χ0n) is 11.8. The minimum atomic E-state index is -0.630. The van der Waals surface area contributed by atoms with Gasteiger partial charge in [0.2, 0.25) is 0 Å². The maximum Gasteiger partial charge on any atom is 0.303 e. The summed E-state index contributed by atoms with van der Waals surface area (Å²) < 4.78 is 5.53. The zero-order valence-corrected chi connectivity index (χ0v) is 11.8. The van der Waals surface area contributed by atoms with Crippen molar-refractivity contribution in [3.05, 3.63) is 0 Å². The molecule has 0 aromatic rings. The Kier molecular flexibility index (Phi) is 3.81. The van der Waals surface area contributed by atoms with Gasteiger partial charge in [0.1, 0.15) is 0 Å². The number of piperidine rings is 1. The Morgan fingerprint density at radius 1 is 1.32 bits per heavy atom. The highest BCUT2D eigenvalue weighted by Gasteiger charge is 2.44. The smallest absolute Gasteiger partial charge is 0.303 e. The molecular weight excluding hydrogens is 242 g/mol. The van der Waals surface area contributed by atoms with Gasteiger partial charge in [-0.05, 0) is 50.9 Å². The van der Waals surface area contributed by atoms with Gasteiger partial charge < -0.3 is 9.84 Å². The molecule has 0 saturated carbocycles. The van der Waals surface area contributed by atoms with Crippen LogP contribution in [0.3, 0.4) is 0 Å². The van der Waals surface area contributed by atoms with Gasteiger partial charge in [0, 0.05) is 31.2 Å². The van der Waals surface area contributed by atoms with Crippen LogP contribution in [0.4, 0.5) is 0 Å². The SMILES string of the molecule is CC(C1CCOC1)N1C2CCC1CC(CC(=O)O)C2. The summed E-state index contributed by atoms with van der Waals surface area (Å²) in [6.07, 6.45) is 6.25. The monoisotopic (exact) mass is 267 g/mol. The lowest BCUT2D eigenvalue weighted by Gasteiger charge is -2.44. The van der Waals surface area contributed by atoms with E-state index in [0.29, 0.717) is 36.4 Å². The molecule has 0 radical (unpaired) electrons. The molecule has 4 heteroatoms. The van der Waals surface area contributed by atoms with Crippen molar-refractivity contribution in [1.82, 2.24) is 4.90 Å². The molecule has 4 atom stereocenters. The minimum absolute atomic E-state index is 0.363. The van der Waals surface area contributed by atoms with Crippen LogP contribution >= 0.6 is 0 Å². The van der Waals surface area contributed by atoms with E-state index in [9.17, 15) is 4.79 Å². The van der Waals surface area contributed by atoms with Gasteiger partial charge in [0.25, 0.3) is 0 Å². The standard InChI is InChI=1S/C15H25NO3/c1-10(12-4-5-19-9-12)16-13-2-3-14(16)7-11(6-13)8-15(17)18/h10-14H,2-9H2,1H3,(H,17,18).